The summed E-state index contributed by atoms with van der Waals surface area (Å²) in [6, 6.07) is 21.6. The van der Waals surface area contributed by atoms with Gasteiger partial charge < -0.3 is 5.11 Å². The van der Waals surface area contributed by atoms with Gasteiger partial charge in [0.15, 0.2) is 0 Å². The van der Waals surface area contributed by atoms with Crippen LogP contribution in [-0.4, -0.2) is 32.5 Å². The molecule has 0 saturated carbocycles. The van der Waals surface area contributed by atoms with Crippen LogP contribution in [0.1, 0.15) is 32.7 Å². The first kappa shape index (κ1) is 21.7. The van der Waals surface area contributed by atoms with Gasteiger partial charge in [0.1, 0.15) is 0 Å². The van der Waals surface area contributed by atoms with E-state index in [2.05, 4.69) is 28.1 Å². The van der Waals surface area contributed by atoms with Gasteiger partial charge in [-0.3, -0.25) is 9.88 Å². The minimum atomic E-state index is -0.917. The lowest BCUT2D eigenvalue weighted by atomic mass is 9.92. The zero-order valence-electron chi connectivity index (χ0n) is 17.3. The van der Waals surface area contributed by atoms with Crippen molar-refractivity contribution in [3.05, 3.63) is 107 Å². The highest BCUT2D eigenvalue weighted by molar-refractivity contribution is 6.06. The number of nitrogens with zero attached hydrogens (tertiary/aromatic N) is 3. The zero-order valence-corrected chi connectivity index (χ0v) is 18.1. The molecule has 5 rings (SSSR count). The SMILES string of the molecule is Cl.O=C(O)c1c2c(nc3ccccc13)/C(=C\c1ccncc1)CN(Cc1ccccc1)C2. The smallest absolute Gasteiger partial charge is 0.336 e. The second-order valence-corrected chi connectivity index (χ2v) is 7.72. The maximum atomic E-state index is 12.3. The Hall–Kier alpha value is -3.54. The van der Waals surface area contributed by atoms with Crippen LogP contribution in [0.3, 0.4) is 0 Å². The summed E-state index contributed by atoms with van der Waals surface area (Å²) in [7, 11) is 0. The van der Waals surface area contributed by atoms with Crippen LogP contribution in [-0.2, 0) is 13.1 Å². The Morgan fingerprint density at radius 3 is 2.44 bits per heavy atom. The van der Waals surface area contributed by atoms with Crippen LogP contribution in [0.5, 0.6) is 0 Å². The molecular weight excluding hydrogens is 422 g/mol. The van der Waals surface area contributed by atoms with Crippen molar-refractivity contribution in [2.75, 3.05) is 6.54 Å². The highest BCUT2D eigenvalue weighted by Crippen LogP contribution is 2.34. The molecular formula is C26H22ClN3O2. The van der Waals surface area contributed by atoms with Gasteiger partial charge in [-0.15, -0.1) is 12.4 Å². The van der Waals surface area contributed by atoms with Crippen molar-refractivity contribution in [3.63, 3.8) is 0 Å². The minimum Gasteiger partial charge on any atom is -0.478 e. The van der Waals surface area contributed by atoms with Crippen molar-refractivity contribution < 1.29 is 9.90 Å². The quantitative estimate of drug-likeness (QED) is 0.463. The molecule has 5 nitrogen and oxygen atoms in total. The number of halogens is 1. The van der Waals surface area contributed by atoms with Gasteiger partial charge in [0.25, 0.3) is 0 Å². The van der Waals surface area contributed by atoms with Crippen molar-refractivity contribution in [2.24, 2.45) is 0 Å². The van der Waals surface area contributed by atoms with Crippen LogP contribution in [0.15, 0.2) is 79.1 Å². The highest BCUT2D eigenvalue weighted by atomic mass is 35.5. The lowest BCUT2D eigenvalue weighted by Crippen LogP contribution is -2.31. The third kappa shape index (κ3) is 4.26. The Bertz CT molecular complexity index is 1290. The molecule has 0 aliphatic carbocycles. The highest BCUT2D eigenvalue weighted by Gasteiger charge is 2.28. The molecule has 2 aromatic carbocycles. The van der Waals surface area contributed by atoms with Gasteiger partial charge >= 0.3 is 5.97 Å². The number of carboxylic acid groups (broad SMARTS) is 1. The fraction of sp³-hybridized carbons (Fsp3) is 0.115. The summed E-state index contributed by atoms with van der Waals surface area (Å²) >= 11 is 0. The van der Waals surface area contributed by atoms with Crippen LogP contribution in [0.2, 0.25) is 0 Å². The number of hydrogen-bond acceptors (Lipinski definition) is 4. The Morgan fingerprint density at radius 2 is 1.69 bits per heavy atom. The number of carboxylic acids is 1. The molecule has 4 aromatic rings. The van der Waals surface area contributed by atoms with Gasteiger partial charge in [-0.25, -0.2) is 9.78 Å². The number of aromatic carboxylic acids is 1. The summed E-state index contributed by atoms with van der Waals surface area (Å²) in [6.07, 6.45) is 5.60. The lowest BCUT2D eigenvalue weighted by molar-refractivity contribution is 0.0696. The van der Waals surface area contributed by atoms with Gasteiger partial charge in [0.2, 0.25) is 0 Å². The van der Waals surface area contributed by atoms with E-state index in [-0.39, 0.29) is 12.4 Å². The molecule has 160 valence electrons. The number of pyridine rings is 2. The zero-order chi connectivity index (χ0) is 21.2. The Labute approximate surface area is 192 Å². The van der Waals surface area contributed by atoms with Crippen LogP contribution in [0.25, 0.3) is 22.6 Å². The number of rotatable bonds is 4. The Morgan fingerprint density at radius 1 is 0.969 bits per heavy atom. The molecule has 0 amide bonds. The Kier molecular flexibility index (Phi) is 6.30. The van der Waals surface area contributed by atoms with E-state index in [9.17, 15) is 9.90 Å². The number of aromatic nitrogens is 2. The van der Waals surface area contributed by atoms with Crippen molar-refractivity contribution in [2.45, 2.75) is 13.1 Å². The Balaban J connectivity index is 0.00000245. The first-order chi connectivity index (χ1) is 15.2. The fourth-order valence-corrected chi connectivity index (χ4v) is 4.24. The molecule has 1 N–H and O–H groups in total. The largest absolute Gasteiger partial charge is 0.478 e. The van der Waals surface area contributed by atoms with Crippen LogP contribution in [0.4, 0.5) is 0 Å². The predicted octanol–water partition coefficient (Wildman–Crippen LogP) is 5.31. The van der Waals surface area contributed by atoms with E-state index in [1.54, 1.807) is 12.4 Å². The third-order valence-electron chi connectivity index (χ3n) is 5.58. The summed E-state index contributed by atoms with van der Waals surface area (Å²) in [5, 5.41) is 10.8. The van der Waals surface area contributed by atoms with Crippen LogP contribution >= 0.6 is 12.4 Å². The first-order valence-corrected chi connectivity index (χ1v) is 10.2. The van der Waals surface area contributed by atoms with Crippen molar-refractivity contribution in [3.8, 4) is 0 Å². The van der Waals surface area contributed by atoms with E-state index in [1.807, 2.05) is 54.6 Å². The van der Waals surface area contributed by atoms with E-state index in [4.69, 9.17) is 4.98 Å². The normalized spacial score (nSPS) is 14.7. The maximum Gasteiger partial charge on any atom is 0.336 e. The van der Waals surface area contributed by atoms with E-state index < -0.39 is 5.97 Å². The lowest BCUT2D eigenvalue weighted by Gasteiger charge is -2.31. The standard InChI is InChI=1S/C26H21N3O2.ClH/c30-26(31)24-21-8-4-5-9-23(21)28-25-20(14-18-10-12-27-13-11-18)16-29(17-22(24)25)15-19-6-2-1-3-7-19;/h1-14H,15-17H2,(H,30,31);1H/b20-14-;. The number of hydrogen-bond donors (Lipinski definition) is 1. The predicted molar refractivity (Wildman–Crippen MR) is 129 cm³/mol. The molecule has 32 heavy (non-hydrogen) atoms. The van der Waals surface area contributed by atoms with Crippen molar-refractivity contribution in [1.29, 1.82) is 0 Å². The molecule has 0 fully saturated rings. The minimum absolute atomic E-state index is 0. The molecule has 1 aliphatic rings. The van der Waals surface area contributed by atoms with E-state index in [0.717, 1.165) is 28.9 Å². The summed E-state index contributed by atoms with van der Waals surface area (Å²) in [4.78, 5) is 23.6. The summed E-state index contributed by atoms with van der Waals surface area (Å²) in [6.45, 7) is 1.96. The van der Waals surface area contributed by atoms with Gasteiger partial charge in [-0.1, -0.05) is 48.5 Å². The fourth-order valence-electron chi connectivity index (χ4n) is 4.24. The van der Waals surface area contributed by atoms with Gasteiger partial charge in [-0.05, 0) is 41.0 Å². The van der Waals surface area contributed by atoms with Crippen molar-refractivity contribution >= 4 is 40.9 Å². The van der Waals surface area contributed by atoms with Crippen molar-refractivity contribution in [1.82, 2.24) is 14.9 Å². The third-order valence-corrected chi connectivity index (χ3v) is 5.58. The number of para-hydroxylation sites is 1. The average Bonchev–Trinajstić information content (AvgIpc) is 2.79. The second kappa shape index (κ2) is 9.30. The maximum absolute atomic E-state index is 12.3. The first-order valence-electron chi connectivity index (χ1n) is 10.2. The molecule has 0 radical (unpaired) electrons. The summed E-state index contributed by atoms with van der Waals surface area (Å²) in [5.41, 5.74) is 5.82. The van der Waals surface area contributed by atoms with E-state index in [1.165, 1.54) is 5.56 Å². The van der Waals surface area contributed by atoms with E-state index >= 15 is 0 Å². The van der Waals surface area contributed by atoms with Gasteiger partial charge in [-0.2, -0.15) is 0 Å². The number of carbonyl (C=O) groups is 1. The number of fused-ring (bicyclic) bond motifs is 2. The molecule has 0 atom stereocenters. The van der Waals surface area contributed by atoms with Gasteiger partial charge in [0.05, 0.1) is 16.8 Å². The molecule has 0 bridgehead atoms. The second-order valence-electron chi connectivity index (χ2n) is 7.72. The van der Waals surface area contributed by atoms with Gasteiger partial charge in [0, 0.05) is 43.0 Å². The number of benzene rings is 2. The molecule has 0 unspecified atom stereocenters. The molecule has 2 aromatic heterocycles. The molecule has 3 heterocycles. The van der Waals surface area contributed by atoms with E-state index in [0.29, 0.717) is 29.6 Å². The monoisotopic (exact) mass is 443 g/mol. The average molecular weight is 444 g/mol. The summed E-state index contributed by atoms with van der Waals surface area (Å²) < 4.78 is 0. The van der Waals surface area contributed by atoms with Crippen LogP contribution < -0.4 is 0 Å². The molecule has 6 heteroatoms. The summed E-state index contributed by atoms with van der Waals surface area (Å²) in [5.74, 6) is -0.917. The molecule has 0 spiro atoms. The topological polar surface area (TPSA) is 66.3 Å². The molecule has 0 saturated heterocycles. The molecule has 1 aliphatic heterocycles. The van der Waals surface area contributed by atoms with Crippen LogP contribution in [0, 0.1) is 0 Å².